The van der Waals surface area contributed by atoms with Gasteiger partial charge >= 0.3 is 0 Å². The highest BCUT2D eigenvalue weighted by Gasteiger charge is 2.35. The second kappa shape index (κ2) is 9.41. The molecule has 1 aromatic heterocycles. The SMILES string of the molecule is CC[NH+]1CC[NH+]([C@@H](c2cccs2)[C@H](C)NC(=O)c2ccc(C(C)(C)C)cc2)CC1. The summed E-state index contributed by atoms with van der Waals surface area (Å²) >= 11 is 1.81. The summed E-state index contributed by atoms with van der Waals surface area (Å²) in [7, 11) is 0. The summed E-state index contributed by atoms with van der Waals surface area (Å²) < 4.78 is 0. The first kappa shape index (κ1) is 22.0. The average Bonchev–Trinajstić information content (AvgIpc) is 3.22. The summed E-state index contributed by atoms with van der Waals surface area (Å²) in [6.45, 7) is 17.0. The Hall–Kier alpha value is -1.69. The molecule has 1 saturated heterocycles. The van der Waals surface area contributed by atoms with Gasteiger partial charge in [0.15, 0.2) is 0 Å². The van der Waals surface area contributed by atoms with Crippen LogP contribution in [0.5, 0.6) is 0 Å². The highest BCUT2D eigenvalue weighted by Crippen LogP contribution is 2.23. The second-order valence-corrected chi connectivity index (χ2v) is 10.3. The molecule has 0 radical (unpaired) electrons. The lowest BCUT2D eigenvalue weighted by molar-refractivity contribution is -1.03. The van der Waals surface area contributed by atoms with Crippen LogP contribution in [-0.2, 0) is 5.41 Å². The number of benzene rings is 1. The smallest absolute Gasteiger partial charge is 0.251 e. The maximum atomic E-state index is 13.0. The van der Waals surface area contributed by atoms with E-state index in [1.165, 1.54) is 30.1 Å². The fourth-order valence-corrected chi connectivity index (χ4v) is 5.34. The van der Waals surface area contributed by atoms with Crippen LogP contribution in [0.15, 0.2) is 41.8 Å². The predicted molar refractivity (Wildman–Crippen MR) is 121 cm³/mol. The maximum Gasteiger partial charge on any atom is 0.251 e. The Morgan fingerprint density at radius 1 is 1.10 bits per heavy atom. The van der Waals surface area contributed by atoms with Gasteiger partial charge < -0.3 is 15.1 Å². The molecule has 0 unspecified atom stereocenters. The molecule has 1 fully saturated rings. The molecular weight excluding hydrogens is 378 g/mol. The quantitative estimate of drug-likeness (QED) is 0.660. The first-order chi connectivity index (χ1) is 13.8. The molecule has 1 amide bonds. The summed E-state index contributed by atoms with van der Waals surface area (Å²) in [5.41, 5.74) is 2.09. The fraction of sp³-hybridized carbons (Fsp3) is 0.542. The summed E-state index contributed by atoms with van der Waals surface area (Å²) in [5, 5.41) is 5.45. The number of amides is 1. The summed E-state index contributed by atoms with van der Waals surface area (Å²) in [5.74, 6) is 0.0248. The molecule has 2 heterocycles. The number of hydrogen-bond donors (Lipinski definition) is 3. The molecule has 1 aliphatic rings. The van der Waals surface area contributed by atoms with Crippen LogP contribution >= 0.6 is 11.3 Å². The van der Waals surface area contributed by atoms with Crippen molar-refractivity contribution in [1.29, 1.82) is 0 Å². The van der Waals surface area contributed by atoms with Crippen LogP contribution in [0.1, 0.15) is 61.5 Å². The van der Waals surface area contributed by atoms with E-state index in [2.05, 4.69) is 69.6 Å². The summed E-state index contributed by atoms with van der Waals surface area (Å²) in [4.78, 5) is 17.6. The number of quaternary nitrogens is 2. The zero-order valence-electron chi connectivity index (χ0n) is 18.5. The van der Waals surface area contributed by atoms with Crippen molar-refractivity contribution in [2.45, 2.75) is 52.1 Å². The highest BCUT2D eigenvalue weighted by atomic mass is 32.1. The molecule has 0 bridgehead atoms. The van der Waals surface area contributed by atoms with Crippen molar-refractivity contribution in [1.82, 2.24) is 5.32 Å². The van der Waals surface area contributed by atoms with Gasteiger partial charge in [0.1, 0.15) is 32.2 Å². The molecule has 5 heteroatoms. The third kappa shape index (κ3) is 5.47. The van der Waals surface area contributed by atoms with Crippen LogP contribution in [0.3, 0.4) is 0 Å². The fourth-order valence-electron chi connectivity index (χ4n) is 4.35. The molecule has 158 valence electrons. The first-order valence-electron chi connectivity index (χ1n) is 10.9. The summed E-state index contributed by atoms with van der Waals surface area (Å²) in [6.07, 6.45) is 0. The van der Waals surface area contributed by atoms with Crippen LogP contribution < -0.4 is 15.1 Å². The molecule has 2 aromatic rings. The minimum Gasteiger partial charge on any atom is -0.343 e. The van der Waals surface area contributed by atoms with E-state index >= 15 is 0 Å². The van der Waals surface area contributed by atoms with Gasteiger partial charge in [-0.25, -0.2) is 0 Å². The van der Waals surface area contributed by atoms with Gasteiger partial charge in [0.05, 0.1) is 17.5 Å². The maximum absolute atomic E-state index is 13.0. The lowest BCUT2D eigenvalue weighted by atomic mass is 9.86. The van der Waals surface area contributed by atoms with E-state index in [0.29, 0.717) is 6.04 Å². The van der Waals surface area contributed by atoms with Crippen molar-refractivity contribution in [3.63, 3.8) is 0 Å². The lowest BCUT2D eigenvalue weighted by Crippen LogP contribution is -3.28. The number of likely N-dealkylation sites (N-methyl/N-ethyl adjacent to an activating group) is 1. The Morgan fingerprint density at radius 2 is 1.76 bits per heavy atom. The van der Waals surface area contributed by atoms with Crippen molar-refractivity contribution >= 4 is 17.2 Å². The number of carbonyl (C=O) groups is 1. The molecule has 0 aliphatic carbocycles. The molecule has 3 rings (SSSR count). The number of nitrogens with one attached hydrogen (secondary N) is 3. The highest BCUT2D eigenvalue weighted by molar-refractivity contribution is 7.10. The lowest BCUT2D eigenvalue weighted by Gasteiger charge is -2.36. The van der Waals surface area contributed by atoms with Gasteiger partial charge in [0.25, 0.3) is 5.91 Å². The molecule has 3 N–H and O–H groups in total. The minimum absolute atomic E-state index is 0.0248. The third-order valence-corrected chi connectivity index (χ3v) is 7.22. The van der Waals surface area contributed by atoms with E-state index in [1.807, 2.05) is 23.5 Å². The molecule has 1 aliphatic heterocycles. The van der Waals surface area contributed by atoms with Crippen LogP contribution in [-0.4, -0.2) is 44.7 Å². The molecule has 0 spiro atoms. The van der Waals surface area contributed by atoms with Crippen molar-refractivity contribution < 1.29 is 14.6 Å². The van der Waals surface area contributed by atoms with E-state index in [0.717, 1.165) is 18.7 Å². The van der Waals surface area contributed by atoms with E-state index in [4.69, 9.17) is 0 Å². The van der Waals surface area contributed by atoms with Crippen molar-refractivity contribution in [3.8, 4) is 0 Å². The van der Waals surface area contributed by atoms with E-state index in [9.17, 15) is 4.79 Å². The largest absolute Gasteiger partial charge is 0.343 e. The van der Waals surface area contributed by atoms with Gasteiger partial charge in [-0.15, -0.1) is 11.3 Å². The Morgan fingerprint density at radius 3 is 2.28 bits per heavy atom. The molecule has 0 saturated carbocycles. The number of thiophene rings is 1. The zero-order valence-corrected chi connectivity index (χ0v) is 19.4. The number of piperazine rings is 1. The Kier molecular flexibility index (Phi) is 7.14. The molecule has 1 aromatic carbocycles. The van der Waals surface area contributed by atoms with E-state index in [-0.39, 0.29) is 17.4 Å². The monoisotopic (exact) mass is 415 g/mol. The standard InChI is InChI=1S/C24H35N3OS/c1-6-26-13-15-27(16-14-26)22(21-8-7-17-29-21)18(2)25-23(28)19-9-11-20(12-10-19)24(3,4)5/h7-12,17-18,22H,6,13-16H2,1-5H3,(H,25,28)/p+2/t18-,22+/m0/s1. The average molecular weight is 416 g/mol. The van der Waals surface area contributed by atoms with Gasteiger partial charge in [-0.05, 0) is 48.4 Å². The van der Waals surface area contributed by atoms with Crippen LogP contribution in [0.4, 0.5) is 0 Å². The first-order valence-corrected chi connectivity index (χ1v) is 11.8. The van der Waals surface area contributed by atoms with Crippen molar-refractivity contribution in [2.75, 3.05) is 32.7 Å². The third-order valence-electron chi connectivity index (χ3n) is 6.26. The number of carbonyl (C=O) groups excluding carboxylic acids is 1. The van der Waals surface area contributed by atoms with Gasteiger partial charge in [0, 0.05) is 5.56 Å². The Labute approximate surface area is 179 Å². The van der Waals surface area contributed by atoms with Crippen LogP contribution in [0, 0.1) is 0 Å². The van der Waals surface area contributed by atoms with E-state index in [1.54, 1.807) is 9.80 Å². The minimum atomic E-state index is 0.0248. The molecular formula is C24H37N3OS+2. The Balaban J connectivity index is 1.71. The molecule has 2 atom stereocenters. The van der Waals surface area contributed by atoms with Crippen LogP contribution in [0.25, 0.3) is 0 Å². The van der Waals surface area contributed by atoms with Crippen molar-refractivity contribution in [2.24, 2.45) is 0 Å². The predicted octanol–water partition coefficient (Wildman–Crippen LogP) is 1.71. The normalized spacial score (nSPS) is 22.1. The molecule has 29 heavy (non-hydrogen) atoms. The van der Waals surface area contributed by atoms with Gasteiger partial charge in [-0.2, -0.15) is 0 Å². The molecule has 4 nitrogen and oxygen atoms in total. The van der Waals surface area contributed by atoms with E-state index < -0.39 is 0 Å². The van der Waals surface area contributed by atoms with Gasteiger partial charge in [0.2, 0.25) is 0 Å². The zero-order chi connectivity index (χ0) is 21.0. The Bertz CT molecular complexity index is 771. The number of rotatable bonds is 6. The van der Waals surface area contributed by atoms with Crippen LogP contribution in [0.2, 0.25) is 0 Å². The number of hydrogen-bond acceptors (Lipinski definition) is 2. The van der Waals surface area contributed by atoms with Gasteiger partial charge in [-0.3, -0.25) is 4.79 Å². The van der Waals surface area contributed by atoms with Crippen molar-refractivity contribution in [3.05, 3.63) is 57.8 Å². The topological polar surface area (TPSA) is 38.0 Å². The van der Waals surface area contributed by atoms with Gasteiger partial charge in [-0.1, -0.05) is 39.0 Å². The summed E-state index contributed by atoms with van der Waals surface area (Å²) in [6, 6.07) is 12.8. The second-order valence-electron chi connectivity index (χ2n) is 9.34.